The van der Waals surface area contributed by atoms with E-state index in [1.54, 1.807) is 6.07 Å². The second-order valence-corrected chi connectivity index (χ2v) is 5.20. The zero-order valence-electron chi connectivity index (χ0n) is 10.6. The molecule has 6 heteroatoms. The predicted molar refractivity (Wildman–Crippen MR) is 66.5 cm³/mol. The number of nitrogens with zero attached hydrogens (tertiary/aromatic N) is 1. The van der Waals surface area contributed by atoms with Crippen molar-refractivity contribution < 1.29 is 23.0 Å². The quantitative estimate of drug-likeness (QED) is 0.862. The summed E-state index contributed by atoms with van der Waals surface area (Å²) in [5.41, 5.74) is -0.375. The highest BCUT2D eigenvalue weighted by molar-refractivity contribution is 5.95. The van der Waals surface area contributed by atoms with Crippen LogP contribution in [0.25, 0.3) is 0 Å². The molecule has 1 N–H and O–H groups in total. The summed E-state index contributed by atoms with van der Waals surface area (Å²) in [4.78, 5) is 4.32. The van der Waals surface area contributed by atoms with Gasteiger partial charge in [-0.15, -0.1) is 0 Å². The Kier molecular flexibility index (Phi) is 3.20. The van der Waals surface area contributed by atoms with Gasteiger partial charge in [0.2, 0.25) is 5.90 Å². The highest BCUT2D eigenvalue weighted by atomic mass is 19.4. The van der Waals surface area contributed by atoms with E-state index in [1.807, 2.05) is 0 Å². The van der Waals surface area contributed by atoms with Gasteiger partial charge in [0.1, 0.15) is 6.10 Å². The molecule has 2 aliphatic rings. The molecule has 0 amide bonds. The molecule has 1 heterocycles. The minimum atomic E-state index is -4.38. The molecule has 1 aromatic carbocycles. The first kappa shape index (κ1) is 13.4. The zero-order chi connectivity index (χ0) is 14.3. The number of fused-ring (bicyclic) bond motifs is 1. The fraction of sp³-hybridized carbons (Fsp3) is 0.500. The SMILES string of the molecule is OC1CCC2OC(c3cccc(C(F)(F)F)c3)=NC2C1. The van der Waals surface area contributed by atoms with Crippen molar-refractivity contribution in [2.45, 2.75) is 43.7 Å². The summed E-state index contributed by atoms with van der Waals surface area (Å²) in [5, 5.41) is 9.59. The van der Waals surface area contributed by atoms with Crippen molar-refractivity contribution >= 4 is 5.90 Å². The summed E-state index contributed by atoms with van der Waals surface area (Å²) in [6, 6.07) is 4.83. The topological polar surface area (TPSA) is 41.8 Å². The fourth-order valence-corrected chi connectivity index (χ4v) is 2.67. The van der Waals surface area contributed by atoms with Gasteiger partial charge in [-0.25, -0.2) is 4.99 Å². The number of benzene rings is 1. The molecule has 1 fully saturated rings. The normalized spacial score (nSPS) is 29.6. The molecule has 3 unspecified atom stereocenters. The molecule has 1 aliphatic heterocycles. The molecule has 1 aromatic rings. The number of hydrogen-bond acceptors (Lipinski definition) is 3. The lowest BCUT2D eigenvalue weighted by Gasteiger charge is -2.26. The van der Waals surface area contributed by atoms with Gasteiger partial charge in [-0.1, -0.05) is 6.07 Å². The summed E-state index contributed by atoms with van der Waals surface area (Å²) in [7, 11) is 0. The van der Waals surface area contributed by atoms with E-state index in [0.717, 1.165) is 12.1 Å². The Morgan fingerprint density at radius 1 is 1.25 bits per heavy atom. The summed E-state index contributed by atoms with van der Waals surface area (Å²) in [5.74, 6) is 0.250. The highest BCUT2D eigenvalue weighted by Gasteiger charge is 2.37. The van der Waals surface area contributed by atoms with Crippen LogP contribution in [0.3, 0.4) is 0 Å². The number of hydrogen-bond donors (Lipinski definition) is 1. The average Bonchev–Trinajstić information content (AvgIpc) is 2.81. The van der Waals surface area contributed by atoms with Crippen molar-refractivity contribution in [2.24, 2.45) is 4.99 Å². The number of ether oxygens (including phenoxy) is 1. The Bertz CT molecular complexity index is 541. The van der Waals surface area contributed by atoms with Crippen molar-refractivity contribution in [1.82, 2.24) is 0 Å². The second kappa shape index (κ2) is 4.77. The van der Waals surface area contributed by atoms with Crippen LogP contribution in [0, 0.1) is 0 Å². The summed E-state index contributed by atoms with van der Waals surface area (Å²) in [6.07, 6.45) is -3.07. The van der Waals surface area contributed by atoms with Crippen molar-refractivity contribution in [2.75, 3.05) is 0 Å². The first-order valence-electron chi connectivity index (χ1n) is 6.53. The lowest BCUT2D eigenvalue weighted by molar-refractivity contribution is -0.137. The Balaban J connectivity index is 1.85. The number of halogens is 3. The molecule has 3 nitrogen and oxygen atoms in total. The maximum absolute atomic E-state index is 12.7. The molecular formula is C14H14F3NO2. The van der Waals surface area contributed by atoms with Gasteiger partial charge in [0.05, 0.1) is 17.7 Å². The van der Waals surface area contributed by atoms with E-state index in [4.69, 9.17) is 4.74 Å². The van der Waals surface area contributed by atoms with Gasteiger partial charge in [0.15, 0.2) is 0 Å². The number of aliphatic hydroxyl groups is 1. The van der Waals surface area contributed by atoms with Crippen LogP contribution in [0.2, 0.25) is 0 Å². The number of rotatable bonds is 1. The highest BCUT2D eigenvalue weighted by Crippen LogP contribution is 2.33. The maximum atomic E-state index is 12.7. The minimum Gasteiger partial charge on any atom is -0.472 e. The van der Waals surface area contributed by atoms with E-state index in [-0.39, 0.29) is 18.0 Å². The van der Waals surface area contributed by atoms with E-state index in [1.165, 1.54) is 6.07 Å². The molecule has 3 atom stereocenters. The van der Waals surface area contributed by atoms with E-state index in [2.05, 4.69) is 4.99 Å². The summed E-state index contributed by atoms with van der Waals surface area (Å²) >= 11 is 0. The lowest BCUT2D eigenvalue weighted by Crippen LogP contribution is -2.33. The molecule has 0 radical (unpaired) electrons. The van der Waals surface area contributed by atoms with Crippen LogP contribution in [-0.4, -0.2) is 29.3 Å². The third kappa shape index (κ3) is 2.52. The largest absolute Gasteiger partial charge is 0.472 e. The minimum absolute atomic E-state index is 0.122. The van der Waals surface area contributed by atoms with Gasteiger partial charge in [-0.3, -0.25) is 0 Å². The van der Waals surface area contributed by atoms with Gasteiger partial charge >= 0.3 is 6.18 Å². The first-order chi connectivity index (χ1) is 9.43. The number of alkyl halides is 3. The van der Waals surface area contributed by atoms with Crippen molar-refractivity contribution in [1.29, 1.82) is 0 Å². The summed E-state index contributed by atoms with van der Waals surface area (Å²) in [6.45, 7) is 0. The Hall–Kier alpha value is -1.56. The van der Waals surface area contributed by atoms with Gasteiger partial charge in [-0.05, 0) is 37.5 Å². The van der Waals surface area contributed by atoms with Crippen LogP contribution < -0.4 is 0 Å². The maximum Gasteiger partial charge on any atom is 0.416 e. The molecule has 1 aliphatic carbocycles. The second-order valence-electron chi connectivity index (χ2n) is 5.20. The van der Waals surface area contributed by atoms with Crippen LogP contribution in [-0.2, 0) is 10.9 Å². The van der Waals surface area contributed by atoms with Crippen LogP contribution in [0.1, 0.15) is 30.4 Å². The van der Waals surface area contributed by atoms with E-state index in [0.29, 0.717) is 24.8 Å². The average molecular weight is 285 g/mol. The van der Waals surface area contributed by atoms with E-state index < -0.39 is 17.8 Å². The molecule has 1 saturated carbocycles. The van der Waals surface area contributed by atoms with Crippen LogP contribution >= 0.6 is 0 Å². The fourth-order valence-electron chi connectivity index (χ4n) is 2.67. The third-order valence-corrected chi connectivity index (χ3v) is 3.71. The third-order valence-electron chi connectivity index (χ3n) is 3.71. The molecule has 0 aromatic heterocycles. The van der Waals surface area contributed by atoms with E-state index in [9.17, 15) is 18.3 Å². The monoisotopic (exact) mass is 285 g/mol. The molecule has 0 bridgehead atoms. The standard InChI is InChI=1S/C14H14F3NO2/c15-14(16,17)9-3-1-2-8(6-9)13-18-11-7-10(19)4-5-12(11)20-13/h1-3,6,10-12,19H,4-5,7H2. The summed E-state index contributed by atoms with van der Waals surface area (Å²) < 4.78 is 43.7. The van der Waals surface area contributed by atoms with Crippen molar-refractivity contribution in [3.8, 4) is 0 Å². The van der Waals surface area contributed by atoms with E-state index >= 15 is 0 Å². The first-order valence-corrected chi connectivity index (χ1v) is 6.53. The molecule has 0 spiro atoms. The lowest BCUT2D eigenvalue weighted by atomic mass is 9.91. The van der Waals surface area contributed by atoms with Crippen LogP contribution in [0.4, 0.5) is 13.2 Å². The number of aliphatic imine (C=N–C) groups is 1. The van der Waals surface area contributed by atoms with Crippen LogP contribution in [0.5, 0.6) is 0 Å². The smallest absolute Gasteiger partial charge is 0.416 e. The Labute approximate surface area is 114 Å². The van der Waals surface area contributed by atoms with Crippen molar-refractivity contribution in [3.63, 3.8) is 0 Å². The molecule has 0 saturated heterocycles. The number of aliphatic hydroxyl groups excluding tert-OH is 1. The molecule has 108 valence electrons. The van der Waals surface area contributed by atoms with Gasteiger partial charge in [0.25, 0.3) is 0 Å². The van der Waals surface area contributed by atoms with Gasteiger partial charge in [-0.2, -0.15) is 13.2 Å². The molecular weight excluding hydrogens is 271 g/mol. The van der Waals surface area contributed by atoms with Crippen molar-refractivity contribution in [3.05, 3.63) is 35.4 Å². The van der Waals surface area contributed by atoms with Crippen LogP contribution in [0.15, 0.2) is 29.3 Å². The van der Waals surface area contributed by atoms with Gasteiger partial charge < -0.3 is 9.84 Å². The molecule has 20 heavy (non-hydrogen) atoms. The Morgan fingerprint density at radius 2 is 2.05 bits per heavy atom. The molecule has 3 rings (SSSR count). The van der Waals surface area contributed by atoms with Gasteiger partial charge in [0, 0.05) is 5.56 Å². The predicted octanol–water partition coefficient (Wildman–Crippen LogP) is 2.76. The Morgan fingerprint density at radius 3 is 2.80 bits per heavy atom. The zero-order valence-corrected chi connectivity index (χ0v) is 10.6.